The van der Waals surface area contributed by atoms with Gasteiger partial charge in [-0.05, 0) is 57.4 Å². The van der Waals surface area contributed by atoms with E-state index in [1.54, 1.807) is 0 Å². The van der Waals surface area contributed by atoms with E-state index >= 15 is 0 Å². The number of hydrogen-bond donors (Lipinski definition) is 3. The third-order valence-electron chi connectivity index (χ3n) is 4.96. The summed E-state index contributed by atoms with van der Waals surface area (Å²) in [6.07, 6.45) is 6.33. The fourth-order valence-corrected chi connectivity index (χ4v) is 3.85. The second kappa shape index (κ2) is 8.73. The molecule has 22 heavy (non-hydrogen) atoms. The lowest BCUT2D eigenvalue weighted by atomic mass is 9.87. The maximum Gasteiger partial charge on any atom is 0.315 e. The van der Waals surface area contributed by atoms with Crippen molar-refractivity contribution in [2.24, 2.45) is 11.8 Å². The molecule has 128 valence electrons. The van der Waals surface area contributed by atoms with Crippen LogP contribution in [-0.2, 0) is 0 Å². The third-order valence-corrected chi connectivity index (χ3v) is 4.96. The first-order chi connectivity index (χ1) is 10.5. The number of amides is 2. The Morgan fingerprint density at radius 2 is 2.14 bits per heavy atom. The smallest absolute Gasteiger partial charge is 0.315 e. The number of aliphatic hydroxyl groups excluding tert-OH is 1. The van der Waals surface area contributed by atoms with E-state index < -0.39 is 0 Å². The Labute approximate surface area is 134 Å². The van der Waals surface area contributed by atoms with Crippen LogP contribution in [0.5, 0.6) is 0 Å². The van der Waals surface area contributed by atoms with Crippen LogP contribution in [0, 0.1) is 11.8 Å². The first kappa shape index (κ1) is 17.5. The van der Waals surface area contributed by atoms with Crippen LogP contribution in [0.4, 0.5) is 4.79 Å². The van der Waals surface area contributed by atoms with Gasteiger partial charge in [0.25, 0.3) is 0 Å². The molecule has 2 aliphatic rings. The number of carbonyl (C=O) groups excluding carboxylic acids is 1. The number of hydrogen-bond acceptors (Lipinski definition) is 3. The highest BCUT2D eigenvalue weighted by molar-refractivity contribution is 5.74. The van der Waals surface area contributed by atoms with E-state index in [1.165, 1.54) is 12.8 Å². The second-order valence-corrected chi connectivity index (χ2v) is 7.45. The zero-order chi connectivity index (χ0) is 15.9. The predicted octanol–water partition coefficient (Wildman–Crippen LogP) is 1.96. The summed E-state index contributed by atoms with van der Waals surface area (Å²) in [6, 6.07) is 0.0971. The summed E-state index contributed by atoms with van der Waals surface area (Å²) < 4.78 is 0. The van der Waals surface area contributed by atoms with Gasteiger partial charge < -0.3 is 20.6 Å². The topological polar surface area (TPSA) is 64.6 Å². The molecular weight excluding hydrogens is 278 g/mol. The molecule has 0 aromatic carbocycles. The molecule has 0 aromatic rings. The van der Waals surface area contributed by atoms with Gasteiger partial charge in [-0.15, -0.1) is 0 Å². The van der Waals surface area contributed by atoms with Gasteiger partial charge >= 0.3 is 6.03 Å². The lowest BCUT2D eigenvalue weighted by Gasteiger charge is -2.33. The third kappa shape index (κ3) is 6.13. The van der Waals surface area contributed by atoms with Crippen molar-refractivity contribution in [1.29, 1.82) is 0 Å². The molecule has 1 aliphatic heterocycles. The SMILES string of the molecule is CC1CCCN(CC(C)NC(=O)NCC2CCCC(O)C2)C1. The Kier molecular flexibility index (Phi) is 6.96. The number of urea groups is 1. The molecule has 4 atom stereocenters. The van der Waals surface area contributed by atoms with Crippen LogP contribution in [0.1, 0.15) is 52.4 Å². The van der Waals surface area contributed by atoms with E-state index in [4.69, 9.17) is 0 Å². The summed E-state index contributed by atoms with van der Waals surface area (Å²) in [5.41, 5.74) is 0. The summed E-state index contributed by atoms with van der Waals surface area (Å²) >= 11 is 0. The van der Waals surface area contributed by atoms with Crippen LogP contribution in [0.15, 0.2) is 0 Å². The minimum Gasteiger partial charge on any atom is -0.393 e. The first-order valence-electron chi connectivity index (χ1n) is 8.97. The van der Waals surface area contributed by atoms with Crippen molar-refractivity contribution in [2.75, 3.05) is 26.2 Å². The average Bonchev–Trinajstić information content (AvgIpc) is 2.45. The summed E-state index contributed by atoms with van der Waals surface area (Å²) in [4.78, 5) is 14.4. The molecule has 0 aromatic heterocycles. The van der Waals surface area contributed by atoms with Crippen molar-refractivity contribution in [1.82, 2.24) is 15.5 Å². The van der Waals surface area contributed by atoms with Gasteiger partial charge in [0.05, 0.1) is 6.10 Å². The Hall–Kier alpha value is -0.810. The van der Waals surface area contributed by atoms with E-state index in [-0.39, 0.29) is 18.2 Å². The minimum absolute atomic E-state index is 0.0716. The second-order valence-electron chi connectivity index (χ2n) is 7.45. The highest BCUT2D eigenvalue weighted by Gasteiger charge is 2.21. The number of nitrogens with one attached hydrogen (secondary N) is 2. The summed E-state index contributed by atoms with van der Waals surface area (Å²) in [7, 11) is 0. The van der Waals surface area contributed by atoms with Gasteiger partial charge in [0.1, 0.15) is 0 Å². The Bertz CT molecular complexity index is 351. The molecule has 3 N–H and O–H groups in total. The largest absolute Gasteiger partial charge is 0.393 e. The normalized spacial score (nSPS) is 31.5. The molecule has 1 saturated heterocycles. The maximum absolute atomic E-state index is 12.0. The van der Waals surface area contributed by atoms with Gasteiger partial charge in [-0.25, -0.2) is 4.79 Å². The number of rotatable bonds is 5. The highest BCUT2D eigenvalue weighted by Crippen LogP contribution is 2.23. The lowest BCUT2D eigenvalue weighted by Crippen LogP contribution is -2.48. The molecule has 0 bridgehead atoms. The predicted molar refractivity (Wildman–Crippen MR) is 88.8 cm³/mol. The lowest BCUT2D eigenvalue weighted by molar-refractivity contribution is 0.101. The quantitative estimate of drug-likeness (QED) is 0.727. The standard InChI is InChI=1S/C17H33N3O2/c1-13-5-4-8-20(11-13)12-14(2)19-17(22)18-10-15-6-3-7-16(21)9-15/h13-16,21H,3-12H2,1-2H3,(H2,18,19,22). The van der Waals surface area contributed by atoms with E-state index in [1.807, 2.05) is 0 Å². The molecule has 2 rings (SSSR count). The average molecular weight is 311 g/mol. The van der Waals surface area contributed by atoms with Crippen molar-refractivity contribution >= 4 is 6.03 Å². The minimum atomic E-state index is -0.177. The maximum atomic E-state index is 12.0. The molecule has 1 saturated carbocycles. The fourth-order valence-electron chi connectivity index (χ4n) is 3.85. The van der Waals surface area contributed by atoms with Gasteiger partial charge in [-0.1, -0.05) is 13.3 Å². The van der Waals surface area contributed by atoms with Gasteiger partial charge in [0.15, 0.2) is 0 Å². The molecule has 4 unspecified atom stereocenters. The van der Waals surface area contributed by atoms with E-state index in [9.17, 15) is 9.90 Å². The molecule has 1 heterocycles. The zero-order valence-electron chi connectivity index (χ0n) is 14.2. The number of piperidine rings is 1. The Morgan fingerprint density at radius 3 is 2.86 bits per heavy atom. The monoisotopic (exact) mass is 311 g/mol. The van der Waals surface area contributed by atoms with Crippen molar-refractivity contribution in [2.45, 2.75) is 64.5 Å². The molecule has 0 spiro atoms. The van der Waals surface area contributed by atoms with Crippen LogP contribution in [0.25, 0.3) is 0 Å². The van der Waals surface area contributed by atoms with E-state index in [0.717, 1.165) is 51.2 Å². The van der Waals surface area contributed by atoms with E-state index in [0.29, 0.717) is 12.5 Å². The van der Waals surface area contributed by atoms with Crippen LogP contribution < -0.4 is 10.6 Å². The van der Waals surface area contributed by atoms with Crippen molar-refractivity contribution in [3.63, 3.8) is 0 Å². The van der Waals surface area contributed by atoms with Crippen LogP contribution in [-0.4, -0.2) is 54.4 Å². The van der Waals surface area contributed by atoms with Crippen LogP contribution in [0.3, 0.4) is 0 Å². The van der Waals surface area contributed by atoms with E-state index in [2.05, 4.69) is 29.4 Å². The molecule has 2 fully saturated rings. The van der Waals surface area contributed by atoms with Gasteiger partial charge in [-0.3, -0.25) is 0 Å². The van der Waals surface area contributed by atoms with Crippen LogP contribution in [0.2, 0.25) is 0 Å². The molecule has 5 heteroatoms. The number of aliphatic hydroxyl groups is 1. The van der Waals surface area contributed by atoms with Crippen molar-refractivity contribution in [3.05, 3.63) is 0 Å². The summed E-state index contributed by atoms with van der Waals surface area (Å²) in [5, 5.41) is 15.7. The van der Waals surface area contributed by atoms with Gasteiger partial charge in [0.2, 0.25) is 0 Å². The molecule has 0 radical (unpaired) electrons. The summed E-state index contributed by atoms with van der Waals surface area (Å²) in [6.45, 7) is 8.28. The fraction of sp³-hybridized carbons (Fsp3) is 0.941. The molecule has 1 aliphatic carbocycles. The molecule has 2 amide bonds. The summed E-state index contributed by atoms with van der Waals surface area (Å²) in [5.74, 6) is 1.19. The highest BCUT2D eigenvalue weighted by atomic mass is 16.3. The zero-order valence-corrected chi connectivity index (χ0v) is 14.2. The Morgan fingerprint density at radius 1 is 1.32 bits per heavy atom. The van der Waals surface area contributed by atoms with Crippen molar-refractivity contribution in [3.8, 4) is 0 Å². The van der Waals surface area contributed by atoms with Gasteiger partial charge in [-0.2, -0.15) is 0 Å². The van der Waals surface area contributed by atoms with Gasteiger partial charge in [0, 0.05) is 25.7 Å². The van der Waals surface area contributed by atoms with Crippen LogP contribution >= 0.6 is 0 Å². The Balaban J connectivity index is 1.61. The molecule has 5 nitrogen and oxygen atoms in total. The number of nitrogens with zero attached hydrogens (tertiary/aromatic N) is 1. The van der Waals surface area contributed by atoms with Crippen molar-refractivity contribution < 1.29 is 9.90 Å². The molecular formula is C17H33N3O2. The number of carbonyl (C=O) groups is 1. The first-order valence-corrected chi connectivity index (χ1v) is 8.97. The number of likely N-dealkylation sites (tertiary alicyclic amines) is 1.